The van der Waals surface area contributed by atoms with E-state index in [1.165, 1.54) is 5.69 Å². The summed E-state index contributed by atoms with van der Waals surface area (Å²) in [6, 6.07) is 3.98. The highest BCUT2D eigenvalue weighted by Gasteiger charge is 2.24. The number of rotatable bonds is 1. The number of aliphatic hydroxyl groups excluding tert-OH is 1. The van der Waals surface area contributed by atoms with E-state index in [2.05, 4.69) is 15.8 Å². The Hall–Kier alpha value is -1.55. The van der Waals surface area contributed by atoms with Gasteiger partial charge in [0.1, 0.15) is 5.76 Å². The average molecular weight is 232 g/mol. The van der Waals surface area contributed by atoms with Crippen LogP contribution in [0.25, 0.3) is 5.82 Å². The Kier molecular flexibility index (Phi) is 2.33. The van der Waals surface area contributed by atoms with E-state index in [1.54, 1.807) is 0 Å². The molecule has 0 bridgehead atoms. The van der Waals surface area contributed by atoms with Crippen molar-refractivity contribution in [2.75, 3.05) is 0 Å². The Morgan fingerprint density at radius 2 is 2.24 bits per heavy atom. The van der Waals surface area contributed by atoms with Crippen LogP contribution in [-0.2, 0) is 6.42 Å². The summed E-state index contributed by atoms with van der Waals surface area (Å²) in [5.41, 5.74) is 3.33. The average Bonchev–Trinajstić information content (AvgIpc) is 2.82. The molecule has 0 saturated heterocycles. The van der Waals surface area contributed by atoms with Gasteiger partial charge >= 0.3 is 0 Å². The molecule has 1 aliphatic rings. The molecular formula is C13H16N2O2. The lowest BCUT2D eigenvalue weighted by molar-refractivity contribution is 0.156. The zero-order chi connectivity index (χ0) is 12.0. The lowest BCUT2D eigenvalue weighted by Crippen LogP contribution is -2.11. The van der Waals surface area contributed by atoms with E-state index in [-0.39, 0.29) is 6.10 Å². The fourth-order valence-corrected chi connectivity index (χ4v) is 2.66. The third-order valence-corrected chi connectivity index (χ3v) is 3.42. The molecule has 1 aliphatic carbocycles. The summed E-state index contributed by atoms with van der Waals surface area (Å²) in [6.45, 7) is 3.92. The largest absolute Gasteiger partial charge is 0.388 e. The highest BCUT2D eigenvalue weighted by atomic mass is 16.5. The number of nitrogens with zero attached hydrogens (tertiary/aromatic N) is 2. The van der Waals surface area contributed by atoms with Gasteiger partial charge < -0.3 is 9.63 Å². The number of aliphatic hydroxyl groups is 1. The Morgan fingerprint density at radius 3 is 2.94 bits per heavy atom. The highest BCUT2D eigenvalue weighted by Crippen LogP contribution is 2.33. The molecule has 90 valence electrons. The van der Waals surface area contributed by atoms with Crippen molar-refractivity contribution in [1.29, 1.82) is 0 Å². The lowest BCUT2D eigenvalue weighted by Gasteiger charge is -2.19. The van der Waals surface area contributed by atoms with Crippen LogP contribution in [0.5, 0.6) is 0 Å². The van der Waals surface area contributed by atoms with Crippen LogP contribution < -0.4 is 0 Å². The van der Waals surface area contributed by atoms with E-state index in [9.17, 15) is 5.11 Å². The number of aryl methyl sites for hydroxylation is 2. The third-order valence-electron chi connectivity index (χ3n) is 3.42. The van der Waals surface area contributed by atoms with Gasteiger partial charge in [0.05, 0.1) is 6.10 Å². The van der Waals surface area contributed by atoms with E-state index < -0.39 is 0 Å². The molecule has 1 N–H and O–H groups in total. The van der Waals surface area contributed by atoms with Crippen molar-refractivity contribution in [3.63, 3.8) is 0 Å². The SMILES string of the molecule is Cc1cc(-n2c(C)cc3c2CCCC3O)no1. The second kappa shape index (κ2) is 3.74. The minimum Gasteiger partial charge on any atom is -0.388 e. The third kappa shape index (κ3) is 1.60. The second-order valence-electron chi connectivity index (χ2n) is 4.73. The van der Waals surface area contributed by atoms with Gasteiger partial charge in [-0.1, -0.05) is 5.16 Å². The summed E-state index contributed by atoms with van der Waals surface area (Å²) in [6.07, 6.45) is 2.54. The molecule has 0 amide bonds. The molecule has 0 fully saturated rings. The van der Waals surface area contributed by atoms with Crippen LogP contribution >= 0.6 is 0 Å². The standard InChI is InChI=1S/C13H16N2O2/c1-8-6-10-11(4-3-5-12(10)16)15(8)13-7-9(2)17-14-13/h6-7,12,16H,3-5H2,1-2H3. The van der Waals surface area contributed by atoms with Gasteiger partial charge in [-0.3, -0.25) is 4.57 Å². The quantitative estimate of drug-likeness (QED) is 0.821. The van der Waals surface area contributed by atoms with Crippen LogP contribution in [0.1, 0.15) is 41.7 Å². The normalized spacial score (nSPS) is 19.4. The fraction of sp³-hybridized carbons (Fsp3) is 0.462. The highest BCUT2D eigenvalue weighted by molar-refractivity contribution is 5.39. The van der Waals surface area contributed by atoms with Crippen LogP contribution in [0.2, 0.25) is 0 Å². The first-order valence-electron chi connectivity index (χ1n) is 5.99. The van der Waals surface area contributed by atoms with E-state index in [0.29, 0.717) is 0 Å². The van der Waals surface area contributed by atoms with E-state index in [0.717, 1.165) is 42.1 Å². The number of hydrogen-bond donors (Lipinski definition) is 1. The zero-order valence-electron chi connectivity index (χ0n) is 10.1. The first-order chi connectivity index (χ1) is 8.16. The Morgan fingerprint density at radius 1 is 1.41 bits per heavy atom. The first-order valence-corrected chi connectivity index (χ1v) is 5.99. The minimum atomic E-state index is -0.327. The molecule has 2 heterocycles. The summed E-state index contributed by atoms with van der Waals surface area (Å²) < 4.78 is 7.22. The summed E-state index contributed by atoms with van der Waals surface area (Å²) >= 11 is 0. The van der Waals surface area contributed by atoms with Crippen molar-refractivity contribution in [2.45, 2.75) is 39.2 Å². The minimum absolute atomic E-state index is 0.327. The molecule has 4 nitrogen and oxygen atoms in total. The van der Waals surface area contributed by atoms with Gasteiger partial charge in [-0.05, 0) is 39.2 Å². The van der Waals surface area contributed by atoms with Gasteiger partial charge in [0.15, 0.2) is 5.82 Å². The zero-order valence-corrected chi connectivity index (χ0v) is 10.1. The van der Waals surface area contributed by atoms with Crippen molar-refractivity contribution < 1.29 is 9.63 Å². The van der Waals surface area contributed by atoms with E-state index >= 15 is 0 Å². The second-order valence-corrected chi connectivity index (χ2v) is 4.73. The number of aromatic nitrogens is 2. The van der Waals surface area contributed by atoms with Gasteiger partial charge in [0.25, 0.3) is 0 Å². The fourth-order valence-electron chi connectivity index (χ4n) is 2.66. The molecule has 2 aromatic rings. The molecule has 0 radical (unpaired) electrons. The molecule has 0 aromatic carbocycles. The maximum Gasteiger partial charge on any atom is 0.180 e. The molecule has 17 heavy (non-hydrogen) atoms. The van der Waals surface area contributed by atoms with E-state index in [1.807, 2.05) is 19.9 Å². The van der Waals surface area contributed by atoms with Crippen molar-refractivity contribution in [3.8, 4) is 5.82 Å². The van der Waals surface area contributed by atoms with Crippen LogP contribution in [0.15, 0.2) is 16.7 Å². The molecule has 1 atom stereocenters. The smallest absolute Gasteiger partial charge is 0.180 e. The lowest BCUT2D eigenvalue weighted by atomic mass is 9.95. The monoisotopic (exact) mass is 232 g/mol. The Bertz CT molecular complexity index is 554. The van der Waals surface area contributed by atoms with Crippen molar-refractivity contribution >= 4 is 0 Å². The molecule has 0 aliphatic heterocycles. The number of hydrogen-bond acceptors (Lipinski definition) is 3. The van der Waals surface area contributed by atoms with Gasteiger partial charge in [-0.25, -0.2) is 0 Å². The van der Waals surface area contributed by atoms with Crippen molar-refractivity contribution in [2.24, 2.45) is 0 Å². The molecule has 1 unspecified atom stereocenters. The first kappa shape index (κ1) is 10.6. The van der Waals surface area contributed by atoms with Crippen LogP contribution in [0.4, 0.5) is 0 Å². The number of fused-ring (bicyclic) bond motifs is 1. The van der Waals surface area contributed by atoms with Gasteiger partial charge in [0, 0.05) is 23.0 Å². The Labute approximate surface area is 99.9 Å². The molecular weight excluding hydrogens is 216 g/mol. The van der Waals surface area contributed by atoms with Crippen LogP contribution in [0, 0.1) is 13.8 Å². The van der Waals surface area contributed by atoms with Crippen molar-refractivity contribution in [1.82, 2.24) is 9.72 Å². The summed E-state index contributed by atoms with van der Waals surface area (Å²) in [4.78, 5) is 0. The predicted molar refractivity (Wildman–Crippen MR) is 63.2 cm³/mol. The maximum absolute atomic E-state index is 9.99. The molecule has 4 heteroatoms. The van der Waals surface area contributed by atoms with E-state index in [4.69, 9.17) is 4.52 Å². The summed E-state index contributed by atoms with van der Waals surface area (Å²) in [7, 11) is 0. The topological polar surface area (TPSA) is 51.2 Å². The summed E-state index contributed by atoms with van der Waals surface area (Å²) in [5, 5.41) is 14.1. The van der Waals surface area contributed by atoms with Gasteiger partial charge in [-0.15, -0.1) is 0 Å². The molecule has 0 spiro atoms. The molecule has 0 saturated carbocycles. The summed E-state index contributed by atoms with van der Waals surface area (Å²) in [5.74, 6) is 1.62. The molecule has 3 rings (SSSR count). The maximum atomic E-state index is 9.99. The van der Waals surface area contributed by atoms with Gasteiger partial charge in [-0.2, -0.15) is 0 Å². The predicted octanol–water partition coefficient (Wildman–Crippen LogP) is 2.45. The van der Waals surface area contributed by atoms with Crippen molar-refractivity contribution in [3.05, 3.63) is 34.8 Å². The van der Waals surface area contributed by atoms with Gasteiger partial charge in [0.2, 0.25) is 0 Å². The molecule has 2 aromatic heterocycles. The Balaban J connectivity index is 2.17. The van der Waals surface area contributed by atoms with Crippen LogP contribution in [0.3, 0.4) is 0 Å². The van der Waals surface area contributed by atoms with Crippen LogP contribution in [-0.4, -0.2) is 14.8 Å².